The number of amidine groups is 1. The molecule has 38 heavy (non-hydrogen) atoms. The number of amides is 2. The zero-order chi connectivity index (χ0) is 27.3. The van der Waals surface area contributed by atoms with E-state index in [-0.39, 0.29) is 23.5 Å². The van der Waals surface area contributed by atoms with Gasteiger partial charge in [-0.1, -0.05) is 36.4 Å². The highest BCUT2D eigenvalue weighted by Crippen LogP contribution is 2.25. The number of nitrogens with zero attached hydrogens (tertiary/aromatic N) is 2. The van der Waals surface area contributed by atoms with Gasteiger partial charge in [-0.25, -0.2) is 13.2 Å². The zero-order valence-corrected chi connectivity index (χ0v) is 23.0. The van der Waals surface area contributed by atoms with E-state index in [1.165, 1.54) is 12.1 Å². The minimum atomic E-state index is -4.00. The molecule has 11 heteroatoms. The van der Waals surface area contributed by atoms with Gasteiger partial charge in [-0.05, 0) is 58.1 Å². The molecule has 0 aliphatic carbocycles. The molecule has 206 valence electrons. The van der Waals surface area contributed by atoms with E-state index in [0.717, 1.165) is 37.2 Å². The first kappa shape index (κ1) is 27.8. The van der Waals surface area contributed by atoms with Crippen molar-refractivity contribution in [2.75, 3.05) is 26.2 Å². The second-order valence-electron chi connectivity index (χ2n) is 10.7. The lowest BCUT2D eigenvalue weighted by molar-refractivity contribution is -0.156. The maximum Gasteiger partial charge on any atom is 0.326 e. The van der Waals surface area contributed by atoms with Crippen LogP contribution in [0.4, 0.5) is 4.79 Å². The quantitative estimate of drug-likeness (QED) is 0.453. The molecule has 3 aliphatic heterocycles. The number of fused-ring (bicyclic) bond motifs is 1. The van der Waals surface area contributed by atoms with Crippen LogP contribution in [0.15, 0.2) is 64.0 Å². The average Bonchev–Trinajstić information content (AvgIpc) is 2.90. The van der Waals surface area contributed by atoms with Crippen LogP contribution in [-0.4, -0.2) is 75.0 Å². The second kappa shape index (κ2) is 11.7. The van der Waals surface area contributed by atoms with Gasteiger partial charge in [0.1, 0.15) is 17.5 Å². The first-order chi connectivity index (χ1) is 18.0. The molecular weight excluding hydrogens is 506 g/mol. The molecule has 3 heterocycles. The number of rotatable bonds is 7. The van der Waals surface area contributed by atoms with E-state index >= 15 is 0 Å². The molecule has 1 saturated heterocycles. The number of piperidine rings is 1. The fourth-order valence-corrected chi connectivity index (χ4v) is 5.92. The van der Waals surface area contributed by atoms with Crippen LogP contribution in [0.5, 0.6) is 0 Å². The topological polar surface area (TPSA) is 129 Å². The molecule has 4 rings (SSSR count). The third kappa shape index (κ3) is 7.22. The number of urea groups is 1. The van der Waals surface area contributed by atoms with Crippen LogP contribution in [-0.2, 0) is 19.6 Å². The number of sulfonamides is 1. The lowest BCUT2D eigenvalue weighted by Gasteiger charge is -2.37. The van der Waals surface area contributed by atoms with E-state index in [9.17, 15) is 18.0 Å². The van der Waals surface area contributed by atoms with Gasteiger partial charge in [0.25, 0.3) is 0 Å². The van der Waals surface area contributed by atoms with Gasteiger partial charge in [0.05, 0.1) is 4.90 Å². The summed E-state index contributed by atoms with van der Waals surface area (Å²) >= 11 is 0. The third-order valence-electron chi connectivity index (χ3n) is 6.66. The Bertz CT molecular complexity index is 1210. The molecule has 1 fully saturated rings. The summed E-state index contributed by atoms with van der Waals surface area (Å²) in [4.78, 5) is 32.1. The first-order valence-electron chi connectivity index (χ1n) is 13.0. The van der Waals surface area contributed by atoms with Gasteiger partial charge >= 0.3 is 12.0 Å². The van der Waals surface area contributed by atoms with Crippen molar-refractivity contribution >= 4 is 27.9 Å². The van der Waals surface area contributed by atoms with Gasteiger partial charge in [-0.15, -0.1) is 0 Å². The van der Waals surface area contributed by atoms with Crippen LogP contribution < -0.4 is 15.4 Å². The summed E-state index contributed by atoms with van der Waals surface area (Å²) in [5.74, 6) is 0.564. The van der Waals surface area contributed by atoms with Crippen molar-refractivity contribution < 1.29 is 22.7 Å². The molecule has 3 aliphatic rings. The number of hydrogen-bond acceptors (Lipinski definition) is 7. The van der Waals surface area contributed by atoms with Gasteiger partial charge in [0, 0.05) is 37.8 Å². The summed E-state index contributed by atoms with van der Waals surface area (Å²) < 4.78 is 33.6. The maximum atomic E-state index is 12.9. The standard InChI is InChI=1S/C27H37N5O5S/c1-27(2,3)37-25(33)23(31-38(35,36)21-9-5-4-6-10-21)18-29-26(34)32-16-13-19(14-17-32)22-12-11-20-8-7-15-28-24(20)30-22/h4-6,8-12,19,22-23,31H,7,13-18H2,1-3H3,(H,28,30)(H,29,34). The number of aliphatic imine (C=N–C) groups is 1. The number of hydrogen-bond donors (Lipinski definition) is 3. The number of carbonyl (C=O) groups is 2. The maximum absolute atomic E-state index is 12.9. The van der Waals surface area contributed by atoms with E-state index in [4.69, 9.17) is 4.74 Å². The Balaban J connectivity index is 1.33. The molecule has 0 aromatic heterocycles. The summed E-state index contributed by atoms with van der Waals surface area (Å²) in [7, 11) is -4.00. The normalized spacial score (nSPS) is 20.9. The van der Waals surface area contributed by atoms with E-state index in [0.29, 0.717) is 19.0 Å². The molecule has 0 saturated carbocycles. The Morgan fingerprint density at radius 1 is 1.18 bits per heavy atom. The Hall–Kier alpha value is -3.18. The van der Waals surface area contributed by atoms with Crippen molar-refractivity contribution in [1.82, 2.24) is 20.3 Å². The Morgan fingerprint density at radius 2 is 1.89 bits per heavy atom. The fraction of sp³-hybridized carbons (Fsp3) is 0.519. The monoisotopic (exact) mass is 543 g/mol. The number of esters is 1. The van der Waals surface area contributed by atoms with E-state index < -0.39 is 27.6 Å². The van der Waals surface area contributed by atoms with Crippen LogP contribution in [0, 0.1) is 5.92 Å². The SMILES string of the molecule is CC(C)(C)OC(=O)C(CNC(=O)N1CCC(C2C=CC3=CCCN=C3N2)CC1)NS(=O)(=O)c1ccccc1. The smallest absolute Gasteiger partial charge is 0.326 e. The molecule has 2 amide bonds. The number of carbonyl (C=O) groups excluding carboxylic acids is 2. The molecule has 0 radical (unpaired) electrons. The molecule has 10 nitrogen and oxygen atoms in total. The van der Waals surface area contributed by atoms with Crippen LogP contribution in [0.25, 0.3) is 0 Å². The van der Waals surface area contributed by atoms with Crippen molar-refractivity contribution in [3.63, 3.8) is 0 Å². The van der Waals surface area contributed by atoms with Crippen LogP contribution >= 0.6 is 0 Å². The van der Waals surface area contributed by atoms with Gasteiger partial charge in [0.2, 0.25) is 10.0 Å². The highest BCUT2D eigenvalue weighted by atomic mass is 32.2. The van der Waals surface area contributed by atoms with Gasteiger partial charge in [-0.3, -0.25) is 9.79 Å². The van der Waals surface area contributed by atoms with Crippen LogP contribution in [0.3, 0.4) is 0 Å². The molecule has 1 aromatic carbocycles. The van der Waals surface area contributed by atoms with E-state index in [2.05, 4.69) is 38.6 Å². The molecule has 1 aromatic rings. The predicted octanol–water partition coefficient (Wildman–Crippen LogP) is 2.35. The highest BCUT2D eigenvalue weighted by Gasteiger charge is 2.33. The average molecular weight is 544 g/mol. The van der Waals surface area contributed by atoms with Crippen molar-refractivity contribution in [3.05, 3.63) is 54.1 Å². The minimum absolute atomic E-state index is 0.0223. The Kier molecular flexibility index (Phi) is 8.57. The summed E-state index contributed by atoms with van der Waals surface area (Å²) in [5, 5.41) is 6.26. The van der Waals surface area contributed by atoms with Gasteiger partial charge < -0.3 is 20.3 Å². The van der Waals surface area contributed by atoms with Crippen molar-refractivity contribution in [2.45, 2.75) is 62.6 Å². The summed E-state index contributed by atoms with van der Waals surface area (Å²) in [6.45, 7) is 6.79. The lowest BCUT2D eigenvalue weighted by atomic mass is 9.87. The fourth-order valence-electron chi connectivity index (χ4n) is 4.71. The molecule has 2 atom stereocenters. The number of benzene rings is 1. The van der Waals surface area contributed by atoms with Crippen molar-refractivity contribution in [3.8, 4) is 0 Å². The minimum Gasteiger partial charge on any atom is -0.459 e. The predicted molar refractivity (Wildman–Crippen MR) is 145 cm³/mol. The molecule has 2 unspecified atom stereocenters. The Labute approximate surface area is 224 Å². The second-order valence-corrected chi connectivity index (χ2v) is 12.5. The van der Waals surface area contributed by atoms with E-state index in [1.807, 2.05) is 0 Å². The van der Waals surface area contributed by atoms with Crippen molar-refractivity contribution in [2.24, 2.45) is 10.9 Å². The summed E-state index contributed by atoms with van der Waals surface area (Å²) in [5.41, 5.74) is 0.326. The van der Waals surface area contributed by atoms with Gasteiger partial charge in [0.15, 0.2) is 0 Å². The lowest BCUT2D eigenvalue weighted by Crippen LogP contribution is -2.54. The molecular formula is C27H37N5O5S. The van der Waals surface area contributed by atoms with E-state index in [1.54, 1.807) is 43.9 Å². The summed E-state index contributed by atoms with van der Waals surface area (Å²) in [6, 6.07) is 6.32. The van der Waals surface area contributed by atoms with Crippen LogP contribution in [0.2, 0.25) is 0 Å². The van der Waals surface area contributed by atoms with Crippen molar-refractivity contribution in [1.29, 1.82) is 0 Å². The molecule has 0 bridgehead atoms. The highest BCUT2D eigenvalue weighted by molar-refractivity contribution is 7.89. The number of likely N-dealkylation sites (tertiary alicyclic amines) is 1. The Morgan fingerprint density at radius 3 is 2.58 bits per heavy atom. The third-order valence-corrected chi connectivity index (χ3v) is 8.15. The van der Waals surface area contributed by atoms with Crippen LogP contribution in [0.1, 0.15) is 40.0 Å². The molecule has 0 spiro atoms. The number of nitrogens with one attached hydrogen (secondary N) is 3. The molecule has 3 N–H and O–H groups in total. The summed E-state index contributed by atoms with van der Waals surface area (Å²) in [6.07, 6.45) is 9.10. The first-order valence-corrected chi connectivity index (χ1v) is 14.5. The number of ether oxygens (including phenoxy) is 1. The zero-order valence-electron chi connectivity index (χ0n) is 22.1. The largest absolute Gasteiger partial charge is 0.459 e. The van der Waals surface area contributed by atoms with Gasteiger partial charge in [-0.2, -0.15) is 4.72 Å². The number of dihydropyridines is 1.